The van der Waals surface area contributed by atoms with Gasteiger partial charge in [-0.2, -0.15) is 0 Å². The van der Waals surface area contributed by atoms with Gasteiger partial charge in [-0.25, -0.2) is 0 Å². The van der Waals surface area contributed by atoms with Crippen molar-refractivity contribution < 1.29 is 33.6 Å². The van der Waals surface area contributed by atoms with Crippen LogP contribution < -0.4 is 32.7 Å². The molecule has 2 aromatic rings. The topological polar surface area (TPSA) is 224 Å². The summed E-state index contributed by atoms with van der Waals surface area (Å²) >= 11 is 0. The molecule has 14 nitrogen and oxygen atoms in total. The van der Waals surface area contributed by atoms with Gasteiger partial charge >= 0.3 is 0 Å². The van der Waals surface area contributed by atoms with Gasteiger partial charge in [0.05, 0.1) is 5.71 Å². The standard InChI is InChI=1S/C43H65N7O7/c1-27(2)23-29(5)40(53)48-36(38(44)51)15-8-10-21-46-42(55)34-19-17-33(18-20-34)31(7)50-57-26-32-13-12-14-35(25-32)43(56)47-22-11-9-16-37(39(45)52)49-41(54)30(6)24-28(3)4/h12-14,17-20,25,27-30,36-37H,8-11,15-16,21-24,26H2,1-7H3,(H2,44,51)(H2,45,52)(H,46,55)(H,47,56)(H,48,53)(H,49,54)/b50-31-/t29-,30-,36-,37-/m0/s1. The van der Waals surface area contributed by atoms with Gasteiger partial charge in [0.15, 0.2) is 0 Å². The Hall–Kier alpha value is -5.27. The molecule has 0 radical (unpaired) electrons. The van der Waals surface area contributed by atoms with E-state index in [-0.39, 0.29) is 42.1 Å². The van der Waals surface area contributed by atoms with Crippen molar-refractivity contribution in [2.24, 2.45) is 40.3 Å². The van der Waals surface area contributed by atoms with Crippen molar-refractivity contribution in [1.82, 2.24) is 21.3 Å². The van der Waals surface area contributed by atoms with Crippen LogP contribution in [0.1, 0.15) is 132 Å². The van der Waals surface area contributed by atoms with Crippen LogP contribution in [-0.2, 0) is 30.6 Å². The Morgan fingerprint density at radius 2 is 1.09 bits per heavy atom. The molecule has 314 valence electrons. The highest BCUT2D eigenvalue weighted by molar-refractivity contribution is 6.00. The molecule has 14 heteroatoms. The molecule has 6 amide bonds. The number of nitrogens with zero attached hydrogens (tertiary/aromatic N) is 1. The Labute approximate surface area is 338 Å². The fraction of sp³-hybridized carbons (Fsp3) is 0.558. The van der Waals surface area contributed by atoms with E-state index in [4.69, 9.17) is 16.3 Å². The van der Waals surface area contributed by atoms with Crippen LogP contribution >= 0.6 is 0 Å². The third kappa shape index (κ3) is 18.5. The van der Waals surface area contributed by atoms with Crippen molar-refractivity contribution in [3.05, 3.63) is 70.8 Å². The van der Waals surface area contributed by atoms with Gasteiger partial charge in [0.25, 0.3) is 11.8 Å². The van der Waals surface area contributed by atoms with Gasteiger partial charge in [0.2, 0.25) is 23.6 Å². The lowest BCUT2D eigenvalue weighted by Gasteiger charge is -2.19. The summed E-state index contributed by atoms with van der Waals surface area (Å²) in [7, 11) is 0. The summed E-state index contributed by atoms with van der Waals surface area (Å²) in [6, 6.07) is 12.5. The van der Waals surface area contributed by atoms with Gasteiger partial charge in [-0.15, -0.1) is 0 Å². The lowest BCUT2D eigenvalue weighted by molar-refractivity contribution is -0.130. The Balaban J connectivity index is 1.75. The normalized spacial score (nSPS) is 13.6. The van der Waals surface area contributed by atoms with E-state index in [1.54, 1.807) is 49.4 Å². The Bertz CT molecular complexity index is 1660. The molecule has 57 heavy (non-hydrogen) atoms. The van der Waals surface area contributed by atoms with Gasteiger partial charge in [0, 0.05) is 36.1 Å². The predicted octanol–water partition coefficient (Wildman–Crippen LogP) is 4.73. The minimum atomic E-state index is -0.748. The first-order chi connectivity index (χ1) is 27.0. The minimum absolute atomic E-state index is 0.138. The molecule has 0 fully saturated rings. The highest BCUT2D eigenvalue weighted by atomic mass is 16.6. The molecule has 0 saturated carbocycles. The van der Waals surface area contributed by atoms with Crippen LogP contribution in [0.3, 0.4) is 0 Å². The van der Waals surface area contributed by atoms with Crippen LogP contribution in [0.2, 0.25) is 0 Å². The maximum absolute atomic E-state index is 12.8. The number of amides is 6. The number of unbranched alkanes of at least 4 members (excludes halogenated alkanes) is 2. The first-order valence-electron chi connectivity index (χ1n) is 20.1. The van der Waals surface area contributed by atoms with Gasteiger partial charge in [-0.1, -0.05) is 71.0 Å². The minimum Gasteiger partial charge on any atom is -0.391 e. The number of oxime groups is 1. The monoisotopic (exact) mass is 791 g/mol. The van der Waals surface area contributed by atoms with E-state index in [1.807, 2.05) is 47.6 Å². The summed E-state index contributed by atoms with van der Waals surface area (Å²) in [5, 5.41) is 15.5. The molecular formula is C43H65N7O7. The molecule has 0 spiro atoms. The number of nitrogens with one attached hydrogen (secondary N) is 4. The molecule has 0 aliphatic rings. The first-order valence-corrected chi connectivity index (χ1v) is 20.1. The van der Waals surface area contributed by atoms with E-state index in [0.717, 1.165) is 24.0 Å². The molecule has 0 aliphatic heterocycles. The number of hydrogen-bond donors (Lipinski definition) is 6. The predicted molar refractivity (Wildman–Crippen MR) is 222 cm³/mol. The molecule has 0 unspecified atom stereocenters. The van der Waals surface area contributed by atoms with E-state index in [2.05, 4.69) is 26.4 Å². The number of primary amides is 2. The number of nitrogens with two attached hydrogens (primary N) is 2. The Morgan fingerprint density at radius 3 is 1.54 bits per heavy atom. The second-order valence-electron chi connectivity index (χ2n) is 15.7. The maximum Gasteiger partial charge on any atom is 0.251 e. The van der Waals surface area contributed by atoms with E-state index >= 15 is 0 Å². The molecule has 0 heterocycles. The molecule has 0 saturated heterocycles. The zero-order valence-corrected chi connectivity index (χ0v) is 34.8. The van der Waals surface area contributed by atoms with E-state index in [0.29, 0.717) is 80.3 Å². The van der Waals surface area contributed by atoms with Crippen LogP contribution in [0, 0.1) is 23.7 Å². The number of carbonyl (C=O) groups excluding carboxylic acids is 6. The van der Waals surface area contributed by atoms with Crippen LogP contribution in [-0.4, -0.2) is 66.3 Å². The zero-order valence-electron chi connectivity index (χ0n) is 34.8. The Kier molecular flexibility index (Phi) is 21.1. The summed E-state index contributed by atoms with van der Waals surface area (Å²) in [6.45, 7) is 14.6. The molecular weight excluding hydrogens is 727 g/mol. The van der Waals surface area contributed by atoms with Gasteiger partial charge < -0.3 is 37.6 Å². The molecule has 0 aromatic heterocycles. The Morgan fingerprint density at radius 1 is 0.632 bits per heavy atom. The van der Waals surface area contributed by atoms with E-state index in [9.17, 15) is 28.8 Å². The fourth-order valence-corrected chi connectivity index (χ4v) is 6.30. The SMILES string of the molecule is C/C(=N/OCc1cccc(C(=O)NCCCC[C@H](NC(=O)[C@@H](C)CC(C)C)C(N)=O)c1)c1ccc(C(=O)NCCCC[C@H](NC(=O)[C@@H](C)CC(C)C)C(N)=O)cc1. The lowest BCUT2D eigenvalue weighted by atomic mass is 9.97. The smallest absolute Gasteiger partial charge is 0.251 e. The van der Waals surface area contributed by atoms with Crippen molar-refractivity contribution in [1.29, 1.82) is 0 Å². The first kappa shape index (κ1) is 47.9. The molecule has 0 bridgehead atoms. The average molecular weight is 792 g/mol. The molecule has 2 aromatic carbocycles. The van der Waals surface area contributed by atoms with Crippen molar-refractivity contribution in [3.63, 3.8) is 0 Å². The molecule has 0 aliphatic carbocycles. The summed E-state index contributed by atoms with van der Waals surface area (Å²) in [6.07, 6.45) is 4.65. The van der Waals surface area contributed by atoms with Gasteiger partial charge in [-0.05, 0) is 106 Å². The summed E-state index contributed by atoms with van der Waals surface area (Å²) in [5.41, 5.74) is 14.1. The highest BCUT2D eigenvalue weighted by Crippen LogP contribution is 2.14. The van der Waals surface area contributed by atoms with Gasteiger partial charge in [0.1, 0.15) is 18.7 Å². The third-order valence-electron chi connectivity index (χ3n) is 9.46. The summed E-state index contributed by atoms with van der Waals surface area (Å²) < 4.78 is 0. The third-order valence-corrected chi connectivity index (χ3v) is 9.46. The second-order valence-corrected chi connectivity index (χ2v) is 15.7. The van der Waals surface area contributed by atoms with Crippen LogP contribution in [0.15, 0.2) is 53.7 Å². The molecule has 4 atom stereocenters. The number of hydrogen-bond acceptors (Lipinski definition) is 8. The summed E-state index contributed by atoms with van der Waals surface area (Å²) in [4.78, 5) is 79.7. The van der Waals surface area contributed by atoms with Gasteiger partial charge in [-0.3, -0.25) is 28.8 Å². The zero-order chi connectivity index (χ0) is 42.5. The average Bonchev–Trinajstić information content (AvgIpc) is 3.15. The molecule has 8 N–H and O–H groups in total. The van der Waals surface area contributed by atoms with Crippen LogP contribution in [0.4, 0.5) is 0 Å². The fourth-order valence-electron chi connectivity index (χ4n) is 6.30. The second kappa shape index (κ2) is 25.1. The number of benzene rings is 2. The largest absolute Gasteiger partial charge is 0.391 e. The lowest BCUT2D eigenvalue weighted by Crippen LogP contribution is -2.46. The van der Waals surface area contributed by atoms with Crippen molar-refractivity contribution in [2.75, 3.05) is 13.1 Å². The van der Waals surface area contributed by atoms with Crippen molar-refractivity contribution in [2.45, 2.75) is 119 Å². The number of carbonyl (C=O) groups is 6. The quantitative estimate of drug-likeness (QED) is 0.0446. The highest BCUT2D eigenvalue weighted by Gasteiger charge is 2.23. The van der Waals surface area contributed by atoms with Crippen molar-refractivity contribution in [3.8, 4) is 0 Å². The van der Waals surface area contributed by atoms with Crippen LogP contribution in [0.5, 0.6) is 0 Å². The van der Waals surface area contributed by atoms with E-state index < -0.39 is 23.9 Å². The van der Waals surface area contributed by atoms with E-state index in [1.165, 1.54) is 0 Å². The molecule has 2 rings (SSSR count). The summed E-state index contributed by atoms with van der Waals surface area (Å²) in [5.74, 6) is -1.68. The maximum atomic E-state index is 12.8. The van der Waals surface area contributed by atoms with Crippen molar-refractivity contribution >= 4 is 41.2 Å². The number of rotatable bonds is 26. The van der Waals surface area contributed by atoms with Crippen LogP contribution in [0.25, 0.3) is 0 Å².